The zero-order chi connectivity index (χ0) is 12.6. The minimum absolute atomic E-state index is 0.164. The lowest BCUT2D eigenvalue weighted by atomic mass is 9.95. The largest absolute Gasteiger partial charge is 0.394 e. The van der Waals surface area contributed by atoms with Gasteiger partial charge in [0.15, 0.2) is 0 Å². The first-order valence-corrected chi connectivity index (χ1v) is 7.22. The maximum Gasteiger partial charge on any atom is 0.0679 e. The highest BCUT2D eigenvalue weighted by Gasteiger charge is 2.44. The van der Waals surface area contributed by atoms with Crippen LogP contribution in [0.1, 0.15) is 52.4 Å². The van der Waals surface area contributed by atoms with Crippen LogP contribution in [0.2, 0.25) is 0 Å². The van der Waals surface area contributed by atoms with Crippen LogP contribution in [-0.4, -0.2) is 37.0 Å². The van der Waals surface area contributed by atoms with Gasteiger partial charge in [-0.05, 0) is 38.1 Å². The maximum absolute atomic E-state index is 9.67. The summed E-state index contributed by atoms with van der Waals surface area (Å²) in [4.78, 5) is 0. The summed E-state index contributed by atoms with van der Waals surface area (Å²) < 4.78 is 5.77. The zero-order valence-electron chi connectivity index (χ0n) is 11.5. The predicted octanol–water partition coefficient (Wildman–Crippen LogP) is 2.33. The first-order chi connectivity index (χ1) is 8.29. The lowest BCUT2D eigenvalue weighted by Crippen LogP contribution is -2.54. The van der Waals surface area contributed by atoms with Gasteiger partial charge in [-0.15, -0.1) is 0 Å². The van der Waals surface area contributed by atoms with Crippen molar-refractivity contribution >= 4 is 0 Å². The summed E-state index contributed by atoms with van der Waals surface area (Å²) >= 11 is 0. The molecule has 0 saturated heterocycles. The van der Waals surface area contributed by atoms with E-state index in [-0.39, 0.29) is 12.1 Å². The van der Waals surface area contributed by atoms with Crippen molar-refractivity contribution in [2.75, 3.05) is 26.4 Å². The van der Waals surface area contributed by atoms with E-state index in [0.29, 0.717) is 12.5 Å². The number of ether oxygens (including phenoxy) is 1. The summed E-state index contributed by atoms with van der Waals surface area (Å²) in [5, 5.41) is 13.2. The first kappa shape index (κ1) is 14.9. The summed E-state index contributed by atoms with van der Waals surface area (Å²) in [5.74, 6) is 0.616. The van der Waals surface area contributed by atoms with Gasteiger partial charge in [0.25, 0.3) is 0 Å². The molecule has 1 saturated carbocycles. The van der Waals surface area contributed by atoms with Crippen LogP contribution in [0.4, 0.5) is 0 Å². The molecular formula is C14H29NO2. The minimum Gasteiger partial charge on any atom is -0.394 e. The van der Waals surface area contributed by atoms with E-state index in [4.69, 9.17) is 4.74 Å². The molecule has 0 aliphatic heterocycles. The molecule has 0 aromatic rings. The van der Waals surface area contributed by atoms with Gasteiger partial charge in [0, 0.05) is 6.61 Å². The Bertz CT molecular complexity index is 195. The molecule has 0 aromatic heterocycles. The molecule has 3 nitrogen and oxygen atoms in total. The summed E-state index contributed by atoms with van der Waals surface area (Å²) in [6.45, 7) is 7.02. The van der Waals surface area contributed by atoms with Crippen molar-refractivity contribution in [1.82, 2.24) is 5.32 Å². The summed E-state index contributed by atoms with van der Waals surface area (Å²) in [5.41, 5.74) is -0.164. The molecule has 1 atom stereocenters. The number of hydrogen-bond acceptors (Lipinski definition) is 3. The van der Waals surface area contributed by atoms with Crippen LogP contribution < -0.4 is 5.32 Å². The van der Waals surface area contributed by atoms with E-state index in [1.807, 2.05) is 0 Å². The first-order valence-electron chi connectivity index (χ1n) is 7.22. The fourth-order valence-electron chi connectivity index (χ4n) is 2.26. The van der Waals surface area contributed by atoms with Gasteiger partial charge >= 0.3 is 0 Å². The fraction of sp³-hybridized carbons (Fsp3) is 1.00. The van der Waals surface area contributed by atoms with Gasteiger partial charge in [-0.1, -0.05) is 26.7 Å². The number of aliphatic hydroxyl groups excluding tert-OH is 1. The second-order valence-corrected chi connectivity index (χ2v) is 5.27. The Morgan fingerprint density at radius 1 is 1.24 bits per heavy atom. The summed E-state index contributed by atoms with van der Waals surface area (Å²) in [7, 11) is 0. The second-order valence-electron chi connectivity index (χ2n) is 5.27. The molecule has 0 aromatic carbocycles. The minimum atomic E-state index is -0.164. The zero-order valence-corrected chi connectivity index (χ0v) is 11.5. The molecule has 1 aliphatic rings. The molecular weight excluding hydrogens is 214 g/mol. The van der Waals surface area contributed by atoms with E-state index >= 15 is 0 Å². The van der Waals surface area contributed by atoms with Crippen molar-refractivity contribution in [3.63, 3.8) is 0 Å². The van der Waals surface area contributed by atoms with E-state index in [9.17, 15) is 5.11 Å². The Balaban J connectivity index is 2.29. The van der Waals surface area contributed by atoms with Crippen molar-refractivity contribution in [1.29, 1.82) is 0 Å². The number of unbranched alkanes of at least 4 members (excludes halogenated alkanes) is 2. The van der Waals surface area contributed by atoms with Crippen molar-refractivity contribution < 1.29 is 9.84 Å². The molecule has 1 rings (SSSR count). The molecule has 0 amide bonds. The Morgan fingerprint density at radius 2 is 2.00 bits per heavy atom. The molecule has 2 N–H and O–H groups in total. The molecule has 1 unspecified atom stereocenters. The van der Waals surface area contributed by atoms with Crippen molar-refractivity contribution in [3.8, 4) is 0 Å². The second kappa shape index (κ2) is 8.06. The van der Waals surface area contributed by atoms with Crippen molar-refractivity contribution in [2.24, 2.45) is 5.92 Å². The van der Waals surface area contributed by atoms with E-state index in [0.717, 1.165) is 26.0 Å². The molecule has 3 heteroatoms. The highest BCUT2D eigenvalue weighted by Crippen LogP contribution is 2.39. The third kappa shape index (κ3) is 4.94. The third-order valence-corrected chi connectivity index (χ3v) is 3.62. The van der Waals surface area contributed by atoms with Gasteiger partial charge in [0.1, 0.15) is 0 Å². The molecule has 0 bridgehead atoms. The van der Waals surface area contributed by atoms with Crippen LogP contribution in [0.15, 0.2) is 0 Å². The lowest BCUT2D eigenvalue weighted by molar-refractivity contribution is 0.0225. The Kier molecular flexibility index (Phi) is 7.09. The maximum atomic E-state index is 9.67. The van der Waals surface area contributed by atoms with E-state index in [1.54, 1.807) is 0 Å². The lowest BCUT2D eigenvalue weighted by Gasteiger charge is -2.33. The van der Waals surface area contributed by atoms with Gasteiger partial charge in [0.2, 0.25) is 0 Å². The average molecular weight is 243 g/mol. The van der Waals surface area contributed by atoms with Gasteiger partial charge in [-0.3, -0.25) is 0 Å². The quantitative estimate of drug-likeness (QED) is 0.547. The monoisotopic (exact) mass is 243 g/mol. The van der Waals surface area contributed by atoms with Gasteiger partial charge in [-0.25, -0.2) is 0 Å². The fourth-order valence-corrected chi connectivity index (χ4v) is 2.26. The normalized spacial score (nSPS) is 19.2. The number of nitrogens with one attached hydrogen (secondary N) is 1. The number of hydrogen-bond donors (Lipinski definition) is 2. The van der Waals surface area contributed by atoms with E-state index in [1.165, 1.54) is 25.7 Å². The third-order valence-electron chi connectivity index (χ3n) is 3.62. The summed E-state index contributed by atoms with van der Waals surface area (Å²) in [6.07, 6.45) is 7.16. The molecule has 1 fully saturated rings. The Morgan fingerprint density at radius 3 is 2.53 bits per heavy atom. The molecule has 0 spiro atoms. The van der Waals surface area contributed by atoms with E-state index < -0.39 is 0 Å². The number of rotatable bonds is 11. The van der Waals surface area contributed by atoms with Crippen molar-refractivity contribution in [3.05, 3.63) is 0 Å². The SMILES string of the molecule is CCCCCOCC(CO)(NCCC)C1CC1. The highest BCUT2D eigenvalue weighted by atomic mass is 16.5. The number of aliphatic hydroxyl groups is 1. The topological polar surface area (TPSA) is 41.5 Å². The van der Waals surface area contributed by atoms with Gasteiger partial charge in [0.05, 0.1) is 18.8 Å². The van der Waals surface area contributed by atoms with Gasteiger partial charge in [-0.2, -0.15) is 0 Å². The van der Waals surface area contributed by atoms with Crippen LogP contribution in [0.3, 0.4) is 0 Å². The van der Waals surface area contributed by atoms with Crippen LogP contribution in [0, 0.1) is 5.92 Å². The average Bonchev–Trinajstić information content (AvgIpc) is 3.18. The smallest absolute Gasteiger partial charge is 0.0679 e. The molecule has 102 valence electrons. The van der Waals surface area contributed by atoms with Crippen molar-refractivity contribution in [2.45, 2.75) is 57.9 Å². The standard InChI is InChI=1S/C14H29NO2/c1-3-5-6-10-17-12-14(11-16,13-7-8-13)15-9-4-2/h13,15-16H,3-12H2,1-2H3. The molecule has 0 heterocycles. The molecule has 1 aliphatic carbocycles. The van der Waals surface area contributed by atoms with E-state index in [2.05, 4.69) is 19.2 Å². The van der Waals surface area contributed by atoms with Gasteiger partial charge < -0.3 is 15.2 Å². The predicted molar refractivity (Wildman–Crippen MR) is 71.2 cm³/mol. The summed E-state index contributed by atoms with van der Waals surface area (Å²) in [6, 6.07) is 0. The van der Waals surface area contributed by atoms with Crippen LogP contribution in [-0.2, 0) is 4.74 Å². The van der Waals surface area contributed by atoms with Crippen LogP contribution in [0.5, 0.6) is 0 Å². The molecule has 0 radical (unpaired) electrons. The van der Waals surface area contributed by atoms with Crippen LogP contribution >= 0.6 is 0 Å². The molecule has 17 heavy (non-hydrogen) atoms. The highest BCUT2D eigenvalue weighted by molar-refractivity contribution is 5.00. The Hall–Kier alpha value is -0.120. The van der Waals surface area contributed by atoms with Crippen LogP contribution in [0.25, 0.3) is 0 Å². The Labute approximate surface area is 106 Å².